The molecule has 20 heavy (non-hydrogen) atoms. The SMILES string of the molecule is C[C@@H]1Nc2ccccc2[C@@H]1CCNC(=O)OC(C)(C)C. The predicted octanol–water partition coefficient (Wildman–Crippen LogP) is 3.50. The standard InChI is InChI=1S/C16H24N2O2/c1-11-12(13-7-5-6-8-14(13)18-11)9-10-17-15(19)20-16(2,3)4/h5-8,11-12,18H,9-10H2,1-4H3,(H,17,19)/t11-,12+/m0/s1. The van der Waals surface area contributed by atoms with Gasteiger partial charge in [0.15, 0.2) is 0 Å². The van der Waals surface area contributed by atoms with Crippen LogP contribution in [0, 0.1) is 0 Å². The summed E-state index contributed by atoms with van der Waals surface area (Å²) in [6.45, 7) is 8.40. The van der Waals surface area contributed by atoms with Crippen LogP contribution in [0.2, 0.25) is 0 Å². The van der Waals surface area contributed by atoms with Gasteiger partial charge in [0.25, 0.3) is 0 Å². The quantitative estimate of drug-likeness (QED) is 0.888. The molecule has 4 heteroatoms. The average molecular weight is 276 g/mol. The first-order valence-electron chi connectivity index (χ1n) is 7.19. The summed E-state index contributed by atoms with van der Waals surface area (Å²) in [5.41, 5.74) is 2.10. The van der Waals surface area contributed by atoms with E-state index in [9.17, 15) is 4.79 Å². The van der Waals surface area contributed by atoms with E-state index < -0.39 is 5.60 Å². The molecule has 1 aromatic carbocycles. The van der Waals surface area contributed by atoms with E-state index in [2.05, 4.69) is 35.8 Å². The van der Waals surface area contributed by atoms with E-state index in [0.717, 1.165) is 6.42 Å². The number of hydrogen-bond acceptors (Lipinski definition) is 3. The van der Waals surface area contributed by atoms with Gasteiger partial charge in [-0.1, -0.05) is 18.2 Å². The first-order valence-corrected chi connectivity index (χ1v) is 7.19. The lowest BCUT2D eigenvalue weighted by Gasteiger charge is -2.21. The van der Waals surface area contributed by atoms with Gasteiger partial charge in [0, 0.05) is 24.2 Å². The van der Waals surface area contributed by atoms with E-state index in [4.69, 9.17) is 4.74 Å². The monoisotopic (exact) mass is 276 g/mol. The number of ether oxygens (including phenoxy) is 1. The zero-order chi connectivity index (χ0) is 14.8. The Labute approximate surface area is 120 Å². The molecule has 1 aliphatic heterocycles. The third kappa shape index (κ3) is 3.65. The zero-order valence-electron chi connectivity index (χ0n) is 12.7. The molecule has 0 spiro atoms. The van der Waals surface area contributed by atoms with Crippen molar-refractivity contribution in [1.82, 2.24) is 5.32 Å². The van der Waals surface area contributed by atoms with Crippen molar-refractivity contribution in [2.45, 2.75) is 51.7 Å². The van der Waals surface area contributed by atoms with Crippen molar-refractivity contribution in [3.8, 4) is 0 Å². The van der Waals surface area contributed by atoms with Crippen LogP contribution in [-0.4, -0.2) is 24.3 Å². The van der Waals surface area contributed by atoms with Crippen molar-refractivity contribution in [3.63, 3.8) is 0 Å². The van der Waals surface area contributed by atoms with E-state index in [1.165, 1.54) is 11.3 Å². The van der Waals surface area contributed by atoms with Crippen molar-refractivity contribution in [2.75, 3.05) is 11.9 Å². The van der Waals surface area contributed by atoms with Crippen LogP contribution >= 0.6 is 0 Å². The number of carbonyl (C=O) groups excluding carboxylic acids is 1. The van der Waals surface area contributed by atoms with Gasteiger partial charge in [-0.2, -0.15) is 0 Å². The number of hydrogen-bond donors (Lipinski definition) is 2. The summed E-state index contributed by atoms with van der Waals surface area (Å²) in [5, 5.41) is 6.31. The predicted molar refractivity (Wildman–Crippen MR) is 81.1 cm³/mol. The molecule has 0 radical (unpaired) electrons. The van der Waals surface area contributed by atoms with Gasteiger partial charge in [0.1, 0.15) is 5.60 Å². The number of fused-ring (bicyclic) bond motifs is 1. The largest absolute Gasteiger partial charge is 0.444 e. The molecule has 0 saturated heterocycles. The minimum atomic E-state index is -0.446. The van der Waals surface area contributed by atoms with Crippen LogP contribution in [0.15, 0.2) is 24.3 Å². The molecule has 1 aromatic rings. The van der Waals surface area contributed by atoms with Crippen molar-refractivity contribution < 1.29 is 9.53 Å². The number of amides is 1. The highest BCUT2D eigenvalue weighted by molar-refractivity contribution is 5.67. The van der Waals surface area contributed by atoms with Gasteiger partial charge < -0.3 is 15.4 Å². The molecular formula is C16H24N2O2. The Bertz CT molecular complexity index is 480. The Morgan fingerprint density at radius 3 is 2.75 bits per heavy atom. The average Bonchev–Trinajstić information content (AvgIpc) is 2.64. The summed E-state index contributed by atoms with van der Waals surface area (Å²) >= 11 is 0. The molecule has 0 aliphatic carbocycles. The Balaban J connectivity index is 1.84. The lowest BCUT2D eigenvalue weighted by molar-refractivity contribution is 0.0526. The summed E-state index contributed by atoms with van der Waals surface area (Å²) in [5.74, 6) is 0.432. The summed E-state index contributed by atoms with van der Waals surface area (Å²) in [4.78, 5) is 11.6. The smallest absolute Gasteiger partial charge is 0.407 e. The topological polar surface area (TPSA) is 50.4 Å². The van der Waals surface area contributed by atoms with Gasteiger partial charge in [-0.3, -0.25) is 0 Å². The van der Waals surface area contributed by atoms with Crippen molar-refractivity contribution in [1.29, 1.82) is 0 Å². The van der Waals surface area contributed by atoms with Gasteiger partial charge in [-0.25, -0.2) is 4.79 Å². The molecule has 2 rings (SSSR count). The van der Waals surface area contributed by atoms with Gasteiger partial charge in [0.2, 0.25) is 0 Å². The number of rotatable bonds is 3. The number of anilines is 1. The second kappa shape index (κ2) is 5.73. The summed E-state index contributed by atoms with van der Waals surface area (Å²) in [6.07, 6.45) is 0.564. The normalized spacial score (nSPS) is 21.0. The third-order valence-corrected chi connectivity index (χ3v) is 3.47. The zero-order valence-corrected chi connectivity index (χ0v) is 12.7. The van der Waals surface area contributed by atoms with E-state index in [-0.39, 0.29) is 6.09 Å². The van der Waals surface area contributed by atoms with Crippen molar-refractivity contribution in [3.05, 3.63) is 29.8 Å². The molecule has 1 amide bonds. The molecule has 0 aromatic heterocycles. The number of carbonyl (C=O) groups is 1. The molecule has 0 fully saturated rings. The molecule has 2 atom stereocenters. The summed E-state index contributed by atoms with van der Waals surface area (Å²) < 4.78 is 5.23. The highest BCUT2D eigenvalue weighted by Crippen LogP contribution is 2.37. The lowest BCUT2D eigenvalue weighted by Crippen LogP contribution is -2.34. The van der Waals surface area contributed by atoms with E-state index in [0.29, 0.717) is 18.5 Å². The maximum atomic E-state index is 11.6. The first-order chi connectivity index (χ1) is 9.37. The summed E-state index contributed by atoms with van der Waals surface area (Å²) in [7, 11) is 0. The fourth-order valence-electron chi connectivity index (χ4n) is 2.62. The Morgan fingerprint density at radius 1 is 1.35 bits per heavy atom. The number of benzene rings is 1. The van der Waals surface area contributed by atoms with Gasteiger partial charge in [0.05, 0.1) is 0 Å². The molecule has 0 bridgehead atoms. The van der Waals surface area contributed by atoms with Crippen LogP contribution in [0.3, 0.4) is 0 Å². The number of nitrogens with one attached hydrogen (secondary N) is 2. The van der Waals surface area contributed by atoms with Crippen LogP contribution < -0.4 is 10.6 Å². The highest BCUT2D eigenvalue weighted by atomic mass is 16.6. The maximum absolute atomic E-state index is 11.6. The molecule has 0 unspecified atom stereocenters. The van der Waals surface area contributed by atoms with Crippen LogP contribution in [0.5, 0.6) is 0 Å². The number of alkyl carbamates (subject to hydrolysis) is 1. The van der Waals surface area contributed by atoms with E-state index in [1.807, 2.05) is 26.8 Å². The number of para-hydroxylation sites is 1. The molecule has 1 heterocycles. The lowest BCUT2D eigenvalue weighted by atomic mass is 9.93. The Kier molecular flexibility index (Phi) is 4.21. The van der Waals surface area contributed by atoms with Crippen molar-refractivity contribution >= 4 is 11.8 Å². The Morgan fingerprint density at radius 2 is 2.05 bits per heavy atom. The molecule has 0 saturated carbocycles. The second-order valence-electron chi connectivity index (χ2n) is 6.34. The maximum Gasteiger partial charge on any atom is 0.407 e. The van der Waals surface area contributed by atoms with E-state index >= 15 is 0 Å². The van der Waals surface area contributed by atoms with Crippen LogP contribution in [0.1, 0.15) is 45.6 Å². The fraction of sp³-hybridized carbons (Fsp3) is 0.562. The van der Waals surface area contributed by atoms with Crippen LogP contribution in [0.4, 0.5) is 10.5 Å². The molecule has 2 N–H and O–H groups in total. The van der Waals surface area contributed by atoms with Gasteiger partial charge in [-0.05, 0) is 45.7 Å². The molecule has 4 nitrogen and oxygen atoms in total. The minimum Gasteiger partial charge on any atom is -0.444 e. The van der Waals surface area contributed by atoms with Crippen molar-refractivity contribution in [2.24, 2.45) is 0 Å². The van der Waals surface area contributed by atoms with Gasteiger partial charge in [-0.15, -0.1) is 0 Å². The van der Waals surface area contributed by atoms with Gasteiger partial charge >= 0.3 is 6.09 Å². The van der Waals surface area contributed by atoms with Crippen LogP contribution in [-0.2, 0) is 4.74 Å². The fourth-order valence-corrected chi connectivity index (χ4v) is 2.62. The third-order valence-electron chi connectivity index (χ3n) is 3.47. The Hall–Kier alpha value is -1.71. The second-order valence-corrected chi connectivity index (χ2v) is 6.34. The highest BCUT2D eigenvalue weighted by Gasteiger charge is 2.28. The van der Waals surface area contributed by atoms with E-state index in [1.54, 1.807) is 0 Å². The first kappa shape index (κ1) is 14.7. The summed E-state index contributed by atoms with van der Waals surface area (Å²) in [6, 6.07) is 8.76. The molecular weight excluding hydrogens is 252 g/mol. The molecule has 110 valence electrons. The van der Waals surface area contributed by atoms with Crippen LogP contribution in [0.25, 0.3) is 0 Å². The minimum absolute atomic E-state index is 0.343. The molecule has 1 aliphatic rings.